The van der Waals surface area contributed by atoms with Crippen LogP contribution in [0.3, 0.4) is 0 Å². The Morgan fingerprint density at radius 1 is 1.44 bits per heavy atom. The molecule has 2 heterocycles. The van der Waals surface area contributed by atoms with E-state index in [2.05, 4.69) is 14.9 Å². The maximum absolute atomic E-state index is 10.1. The summed E-state index contributed by atoms with van der Waals surface area (Å²) < 4.78 is 0. The molecule has 4 heteroatoms. The van der Waals surface area contributed by atoms with Gasteiger partial charge in [-0.05, 0) is 33.6 Å². The average molecular weight is 221 g/mol. The van der Waals surface area contributed by atoms with E-state index in [1.165, 1.54) is 0 Å². The third-order valence-corrected chi connectivity index (χ3v) is 3.03. The molecule has 1 saturated heterocycles. The second kappa shape index (κ2) is 4.01. The number of hydrogen-bond donors (Lipinski definition) is 1. The van der Waals surface area contributed by atoms with Crippen LogP contribution in [0.2, 0.25) is 0 Å². The first kappa shape index (κ1) is 11.3. The fourth-order valence-corrected chi connectivity index (χ4v) is 2.23. The van der Waals surface area contributed by atoms with Crippen molar-refractivity contribution < 1.29 is 5.11 Å². The van der Waals surface area contributed by atoms with Crippen LogP contribution in [-0.2, 0) is 0 Å². The summed E-state index contributed by atoms with van der Waals surface area (Å²) in [5, 5.41) is 10.1. The largest absolute Gasteiger partial charge is 0.388 e. The first-order valence-electron chi connectivity index (χ1n) is 5.75. The number of aryl methyl sites for hydroxylation is 2. The van der Waals surface area contributed by atoms with Crippen molar-refractivity contribution in [1.29, 1.82) is 0 Å². The van der Waals surface area contributed by atoms with Crippen LogP contribution >= 0.6 is 0 Å². The predicted octanol–water partition coefficient (Wildman–Crippen LogP) is 1.44. The smallest absolute Gasteiger partial charge is 0.150 e. The molecule has 0 aliphatic carbocycles. The van der Waals surface area contributed by atoms with Crippen LogP contribution in [0.5, 0.6) is 0 Å². The minimum absolute atomic E-state index is 0.601. The van der Waals surface area contributed by atoms with Gasteiger partial charge in [-0.1, -0.05) is 0 Å². The number of piperidine rings is 1. The molecule has 0 aromatic carbocycles. The molecule has 1 aliphatic heterocycles. The number of aliphatic hydroxyl groups is 1. The Bertz CT molecular complexity index is 390. The molecule has 1 aromatic heterocycles. The second-order valence-corrected chi connectivity index (χ2v) is 4.94. The van der Waals surface area contributed by atoms with Crippen molar-refractivity contribution >= 4 is 5.82 Å². The normalized spacial score (nSPS) is 25.9. The van der Waals surface area contributed by atoms with E-state index in [0.29, 0.717) is 6.54 Å². The molecule has 2 rings (SSSR count). The lowest BCUT2D eigenvalue weighted by Gasteiger charge is -2.37. The number of rotatable bonds is 1. The molecular weight excluding hydrogens is 202 g/mol. The summed E-state index contributed by atoms with van der Waals surface area (Å²) in [6.07, 6.45) is 3.64. The molecule has 88 valence electrons. The van der Waals surface area contributed by atoms with Gasteiger partial charge in [0.05, 0.1) is 17.0 Å². The molecule has 16 heavy (non-hydrogen) atoms. The highest BCUT2D eigenvalue weighted by Crippen LogP contribution is 2.25. The molecule has 0 saturated carbocycles. The van der Waals surface area contributed by atoms with E-state index >= 15 is 0 Å². The van der Waals surface area contributed by atoms with Crippen LogP contribution in [0.25, 0.3) is 0 Å². The van der Waals surface area contributed by atoms with Crippen LogP contribution in [0, 0.1) is 13.8 Å². The molecule has 1 fully saturated rings. The molecule has 0 amide bonds. The van der Waals surface area contributed by atoms with Crippen LogP contribution in [0.1, 0.15) is 31.2 Å². The Labute approximate surface area is 96.3 Å². The van der Waals surface area contributed by atoms with E-state index in [-0.39, 0.29) is 0 Å². The zero-order valence-corrected chi connectivity index (χ0v) is 10.2. The summed E-state index contributed by atoms with van der Waals surface area (Å²) in [7, 11) is 0. The van der Waals surface area contributed by atoms with Gasteiger partial charge in [-0.25, -0.2) is 4.98 Å². The van der Waals surface area contributed by atoms with Crippen molar-refractivity contribution in [3.8, 4) is 0 Å². The molecule has 0 bridgehead atoms. The Balaban J connectivity index is 2.26. The highest BCUT2D eigenvalue weighted by molar-refractivity contribution is 5.44. The van der Waals surface area contributed by atoms with Gasteiger partial charge in [0.15, 0.2) is 0 Å². The highest BCUT2D eigenvalue weighted by atomic mass is 16.3. The lowest BCUT2D eigenvalue weighted by Crippen LogP contribution is -2.46. The van der Waals surface area contributed by atoms with Crippen molar-refractivity contribution in [2.75, 3.05) is 18.0 Å². The number of anilines is 1. The molecule has 4 nitrogen and oxygen atoms in total. The van der Waals surface area contributed by atoms with E-state index in [1.54, 1.807) is 6.20 Å². The minimum Gasteiger partial charge on any atom is -0.388 e. The van der Waals surface area contributed by atoms with Gasteiger partial charge in [-0.15, -0.1) is 0 Å². The van der Waals surface area contributed by atoms with Gasteiger partial charge in [-0.3, -0.25) is 4.98 Å². The first-order chi connectivity index (χ1) is 7.48. The zero-order chi connectivity index (χ0) is 11.8. The van der Waals surface area contributed by atoms with Gasteiger partial charge in [0.2, 0.25) is 0 Å². The fourth-order valence-electron chi connectivity index (χ4n) is 2.23. The van der Waals surface area contributed by atoms with Gasteiger partial charge in [0, 0.05) is 19.3 Å². The Hall–Kier alpha value is -1.16. The van der Waals surface area contributed by atoms with Crippen LogP contribution in [0.15, 0.2) is 6.20 Å². The summed E-state index contributed by atoms with van der Waals surface area (Å²) in [5.74, 6) is 0.917. The van der Waals surface area contributed by atoms with Crippen LogP contribution < -0.4 is 4.90 Å². The lowest BCUT2D eigenvalue weighted by molar-refractivity contribution is 0.0446. The van der Waals surface area contributed by atoms with Crippen LogP contribution in [0.4, 0.5) is 5.82 Å². The molecule has 1 aromatic rings. The van der Waals surface area contributed by atoms with E-state index < -0.39 is 5.60 Å². The van der Waals surface area contributed by atoms with Crippen molar-refractivity contribution in [3.05, 3.63) is 17.6 Å². The lowest BCUT2D eigenvalue weighted by atomic mass is 9.95. The molecule has 0 radical (unpaired) electrons. The molecule has 0 spiro atoms. The van der Waals surface area contributed by atoms with Gasteiger partial charge in [0.1, 0.15) is 5.82 Å². The Morgan fingerprint density at radius 3 is 2.88 bits per heavy atom. The van der Waals surface area contributed by atoms with Crippen LogP contribution in [-0.4, -0.2) is 33.8 Å². The summed E-state index contributed by atoms with van der Waals surface area (Å²) in [6.45, 7) is 7.39. The Kier molecular flexibility index (Phi) is 2.84. The van der Waals surface area contributed by atoms with E-state index in [0.717, 1.165) is 36.6 Å². The highest BCUT2D eigenvalue weighted by Gasteiger charge is 2.29. The quantitative estimate of drug-likeness (QED) is 0.779. The second-order valence-electron chi connectivity index (χ2n) is 4.94. The monoisotopic (exact) mass is 221 g/mol. The molecule has 1 aliphatic rings. The fraction of sp³-hybridized carbons (Fsp3) is 0.667. The summed E-state index contributed by atoms with van der Waals surface area (Å²) in [4.78, 5) is 11.0. The summed E-state index contributed by atoms with van der Waals surface area (Å²) in [6, 6.07) is 0. The number of β-amino-alcohol motifs (C(OH)–C–C–N with tert-alkyl or cyclic N) is 1. The van der Waals surface area contributed by atoms with Gasteiger partial charge < -0.3 is 10.0 Å². The van der Waals surface area contributed by atoms with Crippen molar-refractivity contribution in [2.45, 2.75) is 39.2 Å². The van der Waals surface area contributed by atoms with Gasteiger partial charge in [0.25, 0.3) is 0 Å². The molecule has 1 N–H and O–H groups in total. The maximum Gasteiger partial charge on any atom is 0.150 e. The predicted molar refractivity (Wildman–Crippen MR) is 63.6 cm³/mol. The summed E-state index contributed by atoms with van der Waals surface area (Å²) >= 11 is 0. The first-order valence-corrected chi connectivity index (χ1v) is 5.75. The van der Waals surface area contributed by atoms with E-state index in [9.17, 15) is 5.11 Å². The molecular formula is C12H19N3O. The maximum atomic E-state index is 10.1. The minimum atomic E-state index is -0.601. The average Bonchev–Trinajstić information content (AvgIpc) is 2.20. The third kappa shape index (κ3) is 2.32. The third-order valence-electron chi connectivity index (χ3n) is 3.03. The number of hydrogen-bond acceptors (Lipinski definition) is 4. The number of aromatic nitrogens is 2. The van der Waals surface area contributed by atoms with Gasteiger partial charge >= 0.3 is 0 Å². The SMILES string of the molecule is Cc1cnc(C)c(N2CCCC(C)(O)C2)n1. The number of nitrogens with zero attached hydrogens (tertiary/aromatic N) is 3. The standard InChI is InChI=1S/C12H19N3O/c1-9-7-13-10(2)11(14-9)15-6-4-5-12(3,16)8-15/h7,16H,4-6,8H2,1-3H3. The van der Waals surface area contributed by atoms with E-state index in [1.807, 2.05) is 20.8 Å². The Morgan fingerprint density at radius 2 is 2.19 bits per heavy atom. The van der Waals surface area contributed by atoms with E-state index in [4.69, 9.17) is 0 Å². The molecule has 1 atom stereocenters. The topological polar surface area (TPSA) is 49.2 Å². The summed E-state index contributed by atoms with van der Waals surface area (Å²) in [5.41, 5.74) is 1.25. The van der Waals surface area contributed by atoms with Gasteiger partial charge in [-0.2, -0.15) is 0 Å². The van der Waals surface area contributed by atoms with Crippen molar-refractivity contribution in [3.63, 3.8) is 0 Å². The zero-order valence-electron chi connectivity index (χ0n) is 10.2. The van der Waals surface area contributed by atoms with Crippen molar-refractivity contribution in [1.82, 2.24) is 9.97 Å². The molecule has 1 unspecified atom stereocenters. The van der Waals surface area contributed by atoms with Crippen molar-refractivity contribution in [2.24, 2.45) is 0 Å².